The van der Waals surface area contributed by atoms with Crippen molar-refractivity contribution >= 4 is 5.78 Å². The molecule has 4 heteroatoms. The minimum Gasteiger partial charge on any atom is -0.389 e. The predicted octanol–water partition coefficient (Wildman–Crippen LogP) is 3.02. The number of rotatable bonds is 0. The van der Waals surface area contributed by atoms with Crippen LogP contribution >= 0.6 is 0 Å². The Bertz CT molecular complexity index is 613. The number of fused-ring (bicyclic) bond motifs is 4. The largest absolute Gasteiger partial charge is 0.389 e. The van der Waals surface area contributed by atoms with E-state index in [9.17, 15) is 9.90 Å². The Kier molecular flexibility index (Phi) is 3.44. The van der Waals surface area contributed by atoms with Crippen LogP contribution in [0.2, 0.25) is 0 Å². The first-order chi connectivity index (χ1) is 11.1. The van der Waals surface area contributed by atoms with Crippen LogP contribution in [0.3, 0.4) is 0 Å². The van der Waals surface area contributed by atoms with E-state index in [1.807, 2.05) is 6.92 Å². The van der Waals surface area contributed by atoms with Gasteiger partial charge in [-0.1, -0.05) is 20.8 Å². The van der Waals surface area contributed by atoms with Gasteiger partial charge < -0.3 is 14.6 Å². The second-order valence-electron chi connectivity index (χ2n) is 9.26. The lowest BCUT2D eigenvalue weighted by Gasteiger charge is -2.47. The normalized spacial score (nSPS) is 57.0. The van der Waals surface area contributed by atoms with E-state index in [2.05, 4.69) is 27.7 Å². The van der Waals surface area contributed by atoms with E-state index in [1.54, 1.807) is 6.08 Å². The van der Waals surface area contributed by atoms with E-state index in [0.29, 0.717) is 0 Å². The van der Waals surface area contributed by atoms with E-state index in [0.717, 1.165) is 31.3 Å². The molecule has 8 atom stereocenters. The van der Waals surface area contributed by atoms with Gasteiger partial charge in [0.15, 0.2) is 5.78 Å². The summed E-state index contributed by atoms with van der Waals surface area (Å²) in [4.78, 5) is 13.0. The van der Waals surface area contributed by atoms with Gasteiger partial charge in [0.2, 0.25) is 0 Å². The molecule has 4 nitrogen and oxygen atoms in total. The maximum absolute atomic E-state index is 13.0. The Labute approximate surface area is 144 Å². The number of epoxide rings is 2. The lowest BCUT2D eigenvalue weighted by molar-refractivity contribution is -0.118. The van der Waals surface area contributed by atoms with Gasteiger partial charge in [-0.2, -0.15) is 0 Å². The third kappa shape index (κ3) is 2.26. The van der Waals surface area contributed by atoms with Crippen LogP contribution in [0.5, 0.6) is 0 Å². The van der Waals surface area contributed by atoms with Crippen LogP contribution in [0.4, 0.5) is 0 Å². The van der Waals surface area contributed by atoms with E-state index in [-0.39, 0.29) is 46.4 Å². The number of carbonyl (C=O) groups excluding carboxylic acids is 1. The molecule has 2 saturated heterocycles. The number of aliphatic hydroxyl groups is 1. The third-order valence-electron chi connectivity index (χ3n) is 7.86. The highest BCUT2D eigenvalue weighted by Gasteiger charge is 2.62. The average molecular weight is 334 g/mol. The number of ether oxygens (including phenoxy) is 2. The molecule has 0 unspecified atom stereocenters. The molecular formula is C20H30O4. The van der Waals surface area contributed by atoms with Gasteiger partial charge in [0.05, 0.1) is 17.8 Å². The average Bonchev–Trinajstić information content (AvgIpc) is 3.40. The summed E-state index contributed by atoms with van der Waals surface area (Å²) in [6.07, 6.45) is 4.94. The highest BCUT2D eigenvalue weighted by atomic mass is 16.6. The van der Waals surface area contributed by atoms with Crippen molar-refractivity contribution in [2.75, 3.05) is 0 Å². The van der Waals surface area contributed by atoms with Crippen LogP contribution in [0, 0.1) is 17.3 Å². The molecule has 4 rings (SSSR count). The summed E-state index contributed by atoms with van der Waals surface area (Å²) in [5, 5.41) is 10.6. The molecule has 2 bridgehead atoms. The Hall–Kier alpha value is -0.710. The summed E-state index contributed by atoms with van der Waals surface area (Å²) in [6, 6.07) is 0. The van der Waals surface area contributed by atoms with Crippen molar-refractivity contribution in [2.24, 2.45) is 17.3 Å². The fourth-order valence-electron chi connectivity index (χ4n) is 5.07. The van der Waals surface area contributed by atoms with E-state index >= 15 is 0 Å². The quantitative estimate of drug-likeness (QED) is 0.692. The number of hydrogen-bond donors (Lipinski definition) is 1. The van der Waals surface area contributed by atoms with Gasteiger partial charge in [-0.3, -0.25) is 4.79 Å². The molecule has 134 valence electrons. The molecule has 0 radical (unpaired) electrons. The Balaban J connectivity index is 1.72. The minimum absolute atomic E-state index is 0.0430. The maximum atomic E-state index is 13.0. The molecule has 0 aromatic heterocycles. The SMILES string of the molecule is C[C@@H]1C2=C[C@H](O)[C@@H](C)[C@@]1(C)CC[C@]1(C)O[C@H]1CC[C@@]1(C)O[C@@H]1C2=O. The first kappa shape index (κ1) is 16.7. The van der Waals surface area contributed by atoms with Crippen molar-refractivity contribution in [1.29, 1.82) is 0 Å². The summed E-state index contributed by atoms with van der Waals surface area (Å²) < 4.78 is 11.9. The van der Waals surface area contributed by atoms with Gasteiger partial charge in [-0.25, -0.2) is 0 Å². The van der Waals surface area contributed by atoms with Crippen LogP contribution in [-0.4, -0.2) is 40.4 Å². The van der Waals surface area contributed by atoms with Crippen molar-refractivity contribution in [3.63, 3.8) is 0 Å². The number of hydrogen-bond acceptors (Lipinski definition) is 4. The summed E-state index contributed by atoms with van der Waals surface area (Å²) in [5.41, 5.74) is 0.270. The van der Waals surface area contributed by atoms with Gasteiger partial charge >= 0.3 is 0 Å². The molecule has 0 aromatic carbocycles. The molecular weight excluding hydrogens is 304 g/mol. The van der Waals surface area contributed by atoms with Crippen LogP contribution in [0.25, 0.3) is 0 Å². The summed E-state index contributed by atoms with van der Waals surface area (Å²) >= 11 is 0. The molecule has 2 aliphatic heterocycles. The zero-order valence-corrected chi connectivity index (χ0v) is 15.5. The highest BCUT2D eigenvalue weighted by molar-refractivity contribution is 6.02. The van der Waals surface area contributed by atoms with Crippen LogP contribution < -0.4 is 0 Å². The zero-order valence-electron chi connectivity index (χ0n) is 15.5. The fourth-order valence-corrected chi connectivity index (χ4v) is 5.07. The smallest absolute Gasteiger partial charge is 0.190 e. The summed E-state index contributed by atoms with van der Waals surface area (Å²) in [5.74, 6) is 0.332. The summed E-state index contributed by atoms with van der Waals surface area (Å²) in [7, 11) is 0. The molecule has 2 aliphatic carbocycles. The first-order valence-corrected chi connectivity index (χ1v) is 9.40. The predicted molar refractivity (Wildman–Crippen MR) is 90.6 cm³/mol. The number of ketones is 1. The molecule has 0 amide bonds. The van der Waals surface area contributed by atoms with Crippen LogP contribution in [-0.2, 0) is 14.3 Å². The molecule has 3 fully saturated rings. The summed E-state index contributed by atoms with van der Waals surface area (Å²) in [6.45, 7) is 10.7. The van der Waals surface area contributed by atoms with Crippen molar-refractivity contribution in [1.82, 2.24) is 0 Å². The molecule has 24 heavy (non-hydrogen) atoms. The lowest BCUT2D eigenvalue weighted by Crippen LogP contribution is -2.46. The first-order valence-electron chi connectivity index (χ1n) is 9.40. The van der Waals surface area contributed by atoms with Crippen LogP contribution in [0.1, 0.15) is 60.3 Å². The highest BCUT2D eigenvalue weighted by Crippen LogP contribution is 2.55. The third-order valence-corrected chi connectivity index (χ3v) is 7.86. The Morgan fingerprint density at radius 1 is 1.08 bits per heavy atom. The van der Waals surface area contributed by atoms with Gasteiger partial charge in [0, 0.05) is 0 Å². The van der Waals surface area contributed by atoms with E-state index in [4.69, 9.17) is 9.47 Å². The monoisotopic (exact) mass is 334 g/mol. The second kappa shape index (κ2) is 4.93. The molecule has 2 heterocycles. The number of carbonyl (C=O) groups is 1. The fraction of sp³-hybridized carbons (Fsp3) is 0.850. The Morgan fingerprint density at radius 3 is 2.50 bits per heavy atom. The molecule has 0 aromatic rings. The molecule has 1 saturated carbocycles. The van der Waals surface area contributed by atoms with Crippen molar-refractivity contribution in [3.8, 4) is 0 Å². The van der Waals surface area contributed by atoms with Gasteiger partial charge in [0.25, 0.3) is 0 Å². The zero-order chi connectivity index (χ0) is 17.5. The molecule has 0 spiro atoms. The van der Waals surface area contributed by atoms with Crippen molar-refractivity contribution in [2.45, 2.75) is 89.8 Å². The van der Waals surface area contributed by atoms with Crippen molar-refractivity contribution in [3.05, 3.63) is 11.6 Å². The maximum Gasteiger partial charge on any atom is 0.190 e. The minimum atomic E-state index is -0.568. The molecule has 1 N–H and O–H groups in total. The van der Waals surface area contributed by atoms with Gasteiger partial charge in [0.1, 0.15) is 11.7 Å². The van der Waals surface area contributed by atoms with Crippen LogP contribution in [0.15, 0.2) is 11.6 Å². The van der Waals surface area contributed by atoms with E-state index in [1.165, 1.54) is 0 Å². The molecule has 4 aliphatic rings. The van der Waals surface area contributed by atoms with E-state index < -0.39 is 6.10 Å². The second-order valence-corrected chi connectivity index (χ2v) is 9.26. The standard InChI is InChI=1S/C20H30O4/c1-11-13-10-14(21)12(2)18(11,3)8-9-19(4)15(23-19)6-7-20(5)17(24-20)16(13)22/h10-12,14-15,17,21H,6-9H2,1-5H3/t11-,12-,14+,15+,17-,18+,19+,20-/m1/s1. The lowest BCUT2D eigenvalue weighted by atomic mass is 9.58. The van der Waals surface area contributed by atoms with Gasteiger partial charge in [-0.05, 0) is 68.4 Å². The topological polar surface area (TPSA) is 62.4 Å². The van der Waals surface area contributed by atoms with Gasteiger partial charge in [-0.15, -0.1) is 0 Å². The number of Topliss-reactive ketones (excluding diaryl/α,β-unsaturated/α-hetero) is 1. The van der Waals surface area contributed by atoms with Crippen molar-refractivity contribution < 1.29 is 19.4 Å². The Morgan fingerprint density at radius 2 is 1.79 bits per heavy atom. The number of aliphatic hydroxyl groups excluding tert-OH is 1.